The van der Waals surface area contributed by atoms with Crippen LogP contribution in [-0.2, 0) is 6.42 Å². The van der Waals surface area contributed by atoms with Gasteiger partial charge in [-0.05, 0) is 6.42 Å². The molecule has 0 saturated heterocycles. The first-order valence-electron chi connectivity index (χ1n) is 5.17. The molecule has 3 nitrogen and oxygen atoms in total. The maximum absolute atomic E-state index is 13.5. The van der Waals surface area contributed by atoms with E-state index in [4.69, 9.17) is 0 Å². The third kappa shape index (κ3) is 2.15. The molecule has 0 aliphatic rings. The largest absolute Gasteiger partial charge is 0.285 e. The van der Waals surface area contributed by atoms with Crippen molar-refractivity contribution in [3.8, 4) is 5.82 Å². The molecule has 17 heavy (non-hydrogen) atoms. The van der Waals surface area contributed by atoms with E-state index in [1.165, 1.54) is 17.0 Å². The van der Waals surface area contributed by atoms with Gasteiger partial charge in [0.05, 0.1) is 0 Å². The summed E-state index contributed by atoms with van der Waals surface area (Å²) in [5.74, 6) is -3.25. The quantitative estimate of drug-likeness (QED) is 0.773. The minimum absolute atomic E-state index is 0.273. The molecule has 0 aliphatic heterocycles. The summed E-state index contributed by atoms with van der Waals surface area (Å²) in [5, 5.41) is 0. The van der Waals surface area contributed by atoms with E-state index in [1.807, 2.05) is 6.92 Å². The number of nitrogens with zero attached hydrogens (tertiary/aromatic N) is 3. The third-order valence-corrected chi connectivity index (χ3v) is 2.29. The molecule has 2 aromatic rings. The molecular weight excluding hydrogens is 231 g/mol. The molecule has 0 spiro atoms. The van der Waals surface area contributed by atoms with Crippen molar-refractivity contribution in [3.63, 3.8) is 0 Å². The Bertz CT molecular complexity index is 537. The molecule has 0 N–H and O–H groups in total. The second kappa shape index (κ2) is 4.57. The number of aromatic nitrogens is 3. The van der Waals surface area contributed by atoms with Gasteiger partial charge in [-0.3, -0.25) is 4.57 Å². The Hall–Kier alpha value is -1.85. The van der Waals surface area contributed by atoms with E-state index in [9.17, 15) is 13.2 Å². The topological polar surface area (TPSA) is 30.7 Å². The highest BCUT2D eigenvalue weighted by atomic mass is 19.2. The van der Waals surface area contributed by atoms with Crippen LogP contribution in [0.25, 0.3) is 5.82 Å². The number of aryl methyl sites for hydroxylation is 1. The van der Waals surface area contributed by atoms with Crippen LogP contribution in [-0.4, -0.2) is 14.5 Å². The van der Waals surface area contributed by atoms with Crippen LogP contribution in [0, 0.1) is 17.6 Å². The molecule has 0 aliphatic carbocycles. The molecule has 0 fully saturated rings. The Morgan fingerprint density at radius 2 is 2.00 bits per heavy atom. The zero-order valence-electron chi connectivity index (χ0n) is 9.12. The molecule has 2 rings (SSSR count). The van der Waals surface area contributed by atoms with Crippen LogP contribution >= 0.6 is 0 Å². The van der Waals surface area contributed by atoms with E-state index in [-0.39, 0.29) is 5.82 Å². The van der Waals surface area contributed by atoms with Gasteiger partial charge in [0, 0.05) is 24.9 Å². The van der Waals surface area contributed by atoms with Gasteiger partial charge in [0.25, 0.3) is 5.95 Å². The highest BCUT2D eigenvalue weighted by molar-refractivity contribution is 5.27. The Kier molecular flexibility index (Phi) is 3.12. The van der Waals surface area contributed by atoms with E-state index >= 15 is 0 Å². The molecule has 6 heteroatoms. The van der Waals surface area contributed by atoms with Gasteiger partial charge in [-0.25, -0.2) is 13.8 Å². The van der Waals surface area contributed by atoms with Crippen LogP contribution in [0.15, 0.2) is 18.5 Å². The van der Waals surface area contributed by atoms with Gasteiger partial charge in [0.1, 0.15) is 5.82 Å². The van der Waals surface area contributed by atoms with Crippen molar-refractivity contribution in [1.29, 1.82) is 0 Å². The van der Waals surface area contributed by atoms with Crippen molar-refractivity contribution in [2.24, 2.45) is 0 Å². The highest BCUT2D eigenvalue weighted by Gasteiger charge is 2.15. The SMILES string of the molecule is CCCc1nccn1-c1nc(F)c(F)cc1F. The highest BCUT2D eigenvalue weighted by Crippen LogP contribution is 2.16. The Labute approximate surface area is 95.9 Å². The van der Waals surface area contributed by atoms with Crippen LogP contribution in [0.5, 0.6) is 0 Å². The van der Waals surface area contributed by atoms with Crippen molar-refractivity contribution >= 4 is 0 Å². The van der Waals surface area contributed by atoms with Gasteiger partial charge < -0.3 is 0 Å². The summed E-state index contributed by atoms with van der Waals surface area (Å²) in [6, 6.07) is 0.480. The fourth-order valence-corrected chi connectivity index (χ4v) is 1.54. The fraction of sp³-hybridized carbons (Fsp3) is 0.273. The molecule has 0 aromatic carbocycles. The first-order chi connectivity index (χ1) is 8.13. The van der Waals surface area contributed by atoms with Gasteiger partial charge in [0.2, 0.25) is 0 Å². The lowest BCUT2D eigenvalue weighted by Gasteiger charge is -2.07. The second-order valence-electron chi connectivity index (χ2n) is 3.53. The van der Waals surface area contributed by atoms with Crippen molar-refractivity contribution in [2.45, 2.75) is 19.8 Å². The molecule has 0 saturated carbocycles. The molecule has 0 radical (unpaired) electrons. The first-order valence-corrected chi connectivity index (χ1v) is 5.17. The summed E-state index contributed by atoms with van der Waals surface area (Å²) in [6.07, 6.45) is 4.34. The predicted octanol–water partition coefficient (Wildman–Crippen LogP) is 2.64. The van der Waals surface area contributed by atoms with Gasteiger partial charge >= 0.3 is 0 Å². The maximum atomic E-state index is 13.5. The van der Waals surface area contributed by atoms with Gasteiger partial charge in [0.15, 0.2) is 17.5 Å². The average molecular weight is 241 g/mol. The molecule has 0 atom stereocenters. The number of rotatable bonds is 3. The molecule has 90 valence electrons. The molecule has 0 amide bonds. The van der Waals surface area contributed by atoms with Crippen molar-refractivity contribution < 1.29 is 13.2 Å². The van der Waals surface area contributed by atoms with Crippen LogP contribution in [0.2, 0.25) is 0 Å². The lowest BCUT2D eigenvalue weighted by molar-refractivity contribution is 0.460. The summed E-state index contributed by atoms with van der Waals surface area (Å²) in [4.78, 5) is 7.28. The monoisotopic (exact) mass is 241 g/mol. The summed E-state index contributed by atoms with van der Waals surface area (Å²) >= 11 is 0. The van der Waals surface area contributed by atoms with E-state index in [1.54, 1.807) is 0 Å². The average Bonchev–Trinajstić information content (AvgIpc) is 2.72. The minimum atomic E-state index is -1.32. The van der Waals surface area contributed by atoms with Crippen LogP contribution in [0.1, 0.15) is 19.2 Å². The van der Waals surface area contributed by atoms with Gasteiger partial charge in [-0.1, -0.05) is 6.92 Å². The zero-order chi connectivity index (χ0) is 12.4. The molecular formula is C11H10F3N3. The van der Waals surface area contributed by atoms with Crippen LogP contribution < -0.4 is 0 Å². The number of imidazole rings is 1. The standard InChI is InChI=1S/C11H10F3N3/c1-2-3-9-15-4-5-17(9)11-8(13)6-7(12)10(14)16-11/h4-6H,2-3H2,1H3. The Morgan fingerprint density at radius 1 is 1.24 bits per heavy atom. The smallest absolute Gasteiger partial charge is 0.251 e. The zero-order valence-corrected chi connectivity index (χ0v) is 9.12. The van der Waals surface area contributed by atoms with E-state index in [2.05, 4.69) is 9.97 Å². The Balaban J connectivity index is 2.52. The molecule has 0 bridgehead atoms. The van der Waals surface area contributed by atoms with Crippen molar-refractivity contribution in [1.82, 2.24) is 14.5 Å². The lowest BCUT2D eigenvalue weighted by atomic mass is 10.3. The van der Waals surface area contributed by atoms with Gasteiger partial charge in [-0.2, -0.15) is 9.37 Å². The first kappa shape index (κ1) is 11.6. The summed E-state index contributed by atoms with van der Waals surface area (Å²) in [5.41, 5.74) is 0. The second-order valence-corrected chi connectivity index (χ2v) is 3.53. The summed E-state index contributed by atoms with van der Waals surface area (Å²) in [7, 11) is 0. The van der Waals surface area contributed by atoms with Crippen molar-refractivity contribution in [2.75, 3.05) is 0 Å². The number of hydrogen-bond donors (Lipinski definition) is 0. The third-order valence-electron chi connectivity index (χ3n) is 2.29. The maximum Gasteiger partial charge on any atom is 0.251 e. The number of halogens is 3. The number of pyridine rings is 1. The van der Waals surface area contributed by atoms with Crippen LogP contribution in [0.3, 0.4) is 0 Å². The van der Waals surface area contributed by atoms with E-state index in [0.29, 0.717) is 18.3 Å². The predicted molar refractivity (Wildman–Crippen MR) is 55.2 cm³/mol. The molecule has 2 heterocycles. The van der Waals surface area contributed by atoms with Gasteiger partial charge in [-0.15, -0.1) is 0 Å². The lowest BCUT2D eigenvalue weighted by Crippen LogP contribution is -2.07. The normalized spacial score (nSPS) is 10.8. The summed E-state index contributed by atoms with van der Waals surface area (Å²) in [6.45, 7) is 1.94. The number of hydrogen-bond acceptors (Lipinski definition) is 2. The van der Waals surface area contributed by atoms with E-state index in [0.717, 1.165) is 6.42 Å². The fourth-order valence-electron chi connectivity index (χ4n) is 1.54. The summed E-state index contributed by atoms with van der Waals surface area (Å²) < 4.78 is 40.5. The Morgan fingerprint density at radius 3 is 2.71 bits per heavy atom. The van der Waals surface area contributed by atoms with Crippen molar-refractivity contribution in [3.05, 3.63) is 41.9 Å². The minimum Gasteiger partial charge on any atom is -0.285 e. The van der Waals surface area contributed by atoms with E-state index < -0.39 is 17.6 Å². The molecule has 0 unspecified atom stereocenters. The molecule has 2 aromatic heterocycles. The van der Waals surface area contributed by atoms with Crippen LogP contribution in [0.4, 0.5) is 13.2 Å².